The number of hydrogen-bond donors (Lipinski definition) is 2. The lowest BCUT2D eigenvalue weighted by Crippen LogP contribution is -2.12. The number of rotatable bonds is 5. The van der Waals surface area contributed by atoms with Gasteiger partial charge in [-0.3, -0.25) is 4.72 Å². The van der Waals surface area contributed by atoms with Crippen LogP contribution in [0.3, 0.4) is 0 Å². The molecule has 0 radical (unpaired) electrons. The summed E-state index contributed by atoms with van der Waals surface area (Å²) in [4.78, 5) is 0.954. The third-order valence-corrected chi connectivity index (χ3v) is 4.36. The largest absolute Gasteiger partial charge is 0.445 e. The maximum absolute atomic E-state index is 12.0. The molecule has 1 heterocycles. The highest BCUT2D eigenvalue weighted by molar-refractivity contribution is 7.98. The highest BCUT2D eigenvalue weighted by Gasteiger charge is 2.18. The van der Waals surface area contributed by atoms with Crippen LogP contribution in [-0.4, -0.2) is 19.8 Å². The molecule has 0 spiro atoms. The summed E-state index contributed by atoms with van der Waals surface area (Å²) in [7, 11) is -3.76. The second kappa shape index (κ2) is 5.68. The van der Waals surface area contributed by atoms with Crippen molar-refractivity contribution in [3.05, 3.63) is 42.2 Å². The first-order chi connectivity index (χ1) is 9.05. The van der Waals surface area contributed by atoms with Crippen molar-refractivity contribution in [3.63, 3.8) is 0 Å². The van der Waals surface area contributed by atoms with E-state index in [2.05, 4.69) is 4.72 Å². The molecule has 0 amide bonds. The van der Waals surface area contributed by atoms with Gasteiger partial charge < -0.3 is 9.52 Å². The zero-order chi connectivity index (χ0) is 13.9. The molecular formula is C12H13NO4S2. The predicted molar refractivity (Wildman–Crippen MR) is 73.7 cm³/mol. The molecule has 2 rings (SSSR count). The molecule has 0 aliphatic heterocycles. The highest BCUT2D eigenvalue weighted by atomic mass is 32.2. The van der Waals surface area contributed by atoms with Crippen molar-refractivity contribution >= 4 is 27.5 Å². The van der Waals surface area contributed by atoms with Gasteiger partial charge in [0, 0.05) is 4.90 Å². The summed E-state index contributed by atoms with van der Waals surface area (Å²) in [6, 6.07) is 9.79. The smallest absolute Gasteiger partial charge is 0.295 e. The van der Waals surface area contributed by atoms with Crippen LogP contribution in [0.1, 0.15) is 5.76 Å². The zero-order valence-electron chi connectivity index (χ0n) is 10.2. The van der Waals surface area contributed by atoms with E-state index in [0.717, 1.165) is 4.90 Å². The van der Waals surface area contributed by atoms with Crippen LogP contribution in [0, 0.1) is 0 Å². The third-order valence-electron chi connectivity index (χ3n) is 2.38. The maximum atomic E-state index is 12.0. The Morgan fingerprint density at radius 1 is 1.32 bits per heavy atom. The first-order valence-corrected chi connectivity index (χ1v) is 8.12. The molecule has 102 valence electrons. The molecule has 2 N–H and O–H groups in total. The quantitative estimate of drug-likeness (QED) is 0.828. The van der Waals surface area contributed by atoms with Crippen LogP contribution < -0.4 is 4.72 Å². The minimum Gasteiger partial charge on any atom is -0.445 e. The fraction of sp³-hybridized carbons (Fsp3) is 0.167. The van der Waals surface area contributed by atoms with E-state index in [-0.39, 0.29) is 17.5 Å². The predicted octanol–water partition coefficient (Wildman–Crippen LogP) is 2.29. The van der Waals surface area contributed by atoms with Crippen LogP contribution >= 0.6 is 11.8 Å². The van der Waals surface area contributed by atoms with Crippen molar-refractivity contribution in [1.29, 1.82) is 0 Å². The maximum Gasteiger partial charge on any atom is 0.295 e. The summed E-state index contributed by atoms with van der Waals surface area (Å²) in [6.07, 6.45) is 1.91. The average Bonchev–Trinajstić information content (AvgIpc) is 2.88. The van der Waals surface area contributed by atoms with Crippen molar-refractivity contribution in [1.82, 2.24) is 0 Å². The lowest BCUT2D eigenvalue weighted by atomic mass is 10.3. The van der Waals surface area contributed by atoms with Crippen LogP contribution in [0.2, 0.25) is 0 Å². The Bertz CT molecular complexity index is 664. The van der Waals surface area contributed by atoms with Gasteiger partial charge in [-0.15, -0.1) is 11.8 Å². The van der Waals surface area contributed by atoms with Crippen molar-refractivity contribution in [2.75, 3.05) is 11.0 Å². The van der Waals surface area contributed by atoms with Crippen LogP contribution in [-0.2, 0) is 16.6 Å². The van der Waals surface area contributed by atoms with Gasteiger partial charge in [0.25, 0.3) is 10.0 Å². The SMILES string of the molecule is CSc1cccc(NS(=O)(=O)c2ccc(CO)o2)c1. The Balaban J connectivity index is 2.25. The van der Waals surface area contributed by atoms with Crippen molar-refractivity contribution in [3.8, 4) is 0 Å². The molecule has 0 unspecified atom stereocenters. The minimum absolute atomic E-state index is 0.207. The summed E-state index contributed by atoms with van der Waals surface area (Å²) in [5.74, 6) is 0.207. The Morgan fingerprint density at radius 2 is 2.11 bits per heavy atom. The van der Waals surface area contributed by atoms with Gasteiger partial charge >= 0.3 is 0 Å². The normalized spacial score (nSPS) is 11.5. The van der Waals surface area contributed by atoms with E-state index in [0.29, 0.717) is 5.69 Å². The van der Waals surface area contributed by atoms with Gasteiger partial charge in [-0.1, -0.05) is 6.07 Å². The van der Waals surface area contributed by atoms with Crippen molar-refractivity contribution < 1.29 is 17.9 Å². The highest BCUT2D eigenvalue weighted by Crippen LogP contribution is 2.22. The van der Waals surface area contributed by atoms with E-state index in [1.807, 2.05) is 12.3 Å². The van der Waals surface area contributed by atoms with Gasteiger partial charge in [0.05, 0.1) is 5.69 Å². The number of thioether (sulfide) groups is 1. The van der Waals surface area contributed by atoms with Crippen LogP contribution in [0.4, 0.5) is 5.69 Å². The van der Waals surface area contributed by atoms with Gasteiger partial charge in [0.1, 0.15) is 12.4 Å². The van der Waals surface area contributed by atoms with Crippen LogP contribution in [0.15, 0.2) is 50.8 Å². The van der Waals surface area contributed by atoms with Gasteiger partial charge in [-0.05, 0) is 36.6 Å². The van der Waals surface area contributed by atoms with E-state index in [1.165, 1.54) is 23.9 Å². The molecule has 0 atom stereocenters. The Labute approximate surface area is 115 Å². The summed E-state index contributed by atoms with van der Waals surface area (Å²) in [5, 5.41) is 8.65. The molecule has 5 nitrogen and oxygen atoms in total. The topological polar surface area (TPSA) is 79.5 Å². The second-order valence-electron chi connectivity index (χ2n) is 3.72. The standard InChI is InChI=1S/C12H13NO4S2/c1-18-11-4-2-3-9(7-11)13-19(15,16)12-6-5-10(8-14)17-12/h2-7,13-14H,8H2,1H3. The minimum atomic E-state index is -3.76. The van der Waals surface area contributed by atoms with E-state index in [9.17, 15) is 8.42 Å². The lowest BCUT2D eigenvalue weighted by molar-refractivity contribution is 0.236. The number of furan rings is 1. The van der Waals surface area contributed by atoms with Gasteiger partial charge in [0.15, 0.2) is 0 Å². The van der Waals surface area contributed by atoms with E-state index >= 15 is 0 Å². The summed E-state index contributed by atoms with van der Waals surface area (Å²) in [5.41, 5.74) is 0.466. The van der Waals surface area contributed by atoms with Gasteiger partial charge in [0.2, 0.25) is 5.09 Å². The van der Waals surface area contributed by atoms with E-state index in [4.69, 9.17) is 9.52 Å². The second-order valence-corrected chi connectivity index (χ2v) is 6.21. The third kappa shape index (κ3) is 3.31. The zero-order valence-corrected chi connectivity index (χ0v) is 11.8. The molecule has 0 saturated carbocycles. The monoisotopic (exact) mass is 299 g/mol. The van der Waals surface area contributed by atoms with Crippen molar-refractivity contribution in [2.24, 2.45) is 0 Å². The fourth-order valence-corrected chi connectivity index (χ4v) is 2.94. The Morgan fingerprint density at radius 3 is 2.74 bits per heavy atom. The number of sulfonamides is 1. The molecule has 0 aliphatic rings. The molecular weight excluding hydrogens is 286 g/mol. The molecule has 2 aromatic rings. The van der Waals surface area contributed by atoms with Crippen LogP contribution in [0.25, 0.3) is 0 Å². The van der Waals surface area contributed by atoms with Crippen LogP contribution in [0.5, 0.6) is 0 Å². The van der Waals surface area contributed by atoms with E-state index < -0.39 is 10.0 Å². The number of nitrogens with one attached hydrogen (secondary N) is 1. The number of aliphatic hydroxyl groups excluding tert-OH is 1. The van der Waals surface area contributed by atoms with E-state index in [1.54, 1.807) is 18.2 Å². The molecule has 0 aliphatic carbocycles. The molecule has 0 bridgehead atoms. The Hall–Kier alpha value is -1.44. The first kappa shape index (κ1) is 14.0. The molecule has 1 aromatic heterocycles. The molecule has 7 heteroatoms. The summed E-state index contributed by atoms with van der Waals surface area (Å²) >= 11 is 1.52. The Kier molecular flexibility index (Phi) is 4.18. The summed E-state index contributed by atoms with van der Waals surface area (Å²) < 4.78 is 31.5. The van der Waals surface area contributed by atoms with Gasteiger partial charge in [-0.25, -0.2) is 0 Å². The number of hydrogen-bond acceptors (Lipinski definition) is 5. The van der Waals surface area contributed by atoms with Crippen molar-refractivity contribution in [2.45, 2.75) is 16.6 Å². The number of anilines is 1. The number of benzene rings is 1. The molecule has 19 heavy (non-hydrogen) atoms. The molecule has 0 saturated heterocycles. The first-order valence-electron chi connectivity index (χ1n) is 5.41. The number of aliphatic hydroxyl groups is 1. The fourth-order valence-electron chi connectivity index (χ4n) is 1.48. The summed E-state index contributed by atoms with van der Waals surface area (Å²) in [6.45, 7) is -0.336. The van der Waals surface area contributed by atoms with Gasteiger partial charge in [-0.2, -0.15) is 8.42 Å². The lowest BCUT2D eigenvalue weighted by Gasteiger charge is -2.06. The molecule has 0 fully saturated rings. The molecule has 1 aromatic carbocycles. The average molecular weight is 299 g/mol.